The van der Waals surface area contributed by atoms with E-state index in [1.54, 1.807) is 0 Å². The summed E-state index contributed by atoms with van der Waals surface area (Å²) in [5.74, 6) is 0.692. The SMILES string of the molecule is Cc1nnc(N2CCC(O)C2)c(C(N)=S)c1C. The van der Waals surface area contributed by atoms with Gasteiger partial charge in [0.1, 0.15) is 4.99 Å². The van der Waals surface area contributed by atoms with Crippen molar-refractivity contribution in [2.45, 2.75) is 26.4 Å². The summed E-state index contributed by atoms with van der Waals surface area (Å²) in [5, 5.41) is 17.8. The third kappa shape index (κ3) is 2.23. The summed E-state index contributed by atoms with van der Waals surface area (Å²) in [5.41, 5.74) is 8.33. The minimum Gasteiger partial charge on any atom is -0.391 e. The molecule has 1 aromatic rings. The average Bonchev–Trinajstić information content (AvgIpc) is 2.68. The first-order valence-corrected chi connectivity index (χ1v) is 5.98. The van der Waals surface area contributed by atoms with Gasteiger partial charge in [-0.3, -0.25) is 0 Å². The maximum absolute atomic E-state index is 9.56. The lowest BCUT2D eigenvalue weighted by molar-refractivity contribution is 0.198. The highest BCUT2D eigenvalue weighted by molar-refractivity contribution is 7.80. The average molecular weight is 252 g/mol. The highest BCUT2D eigenvalue weighted by atomic mass is 32.1. The lowest BCUT2D eigenvalue weighted by Crippen LogP contribution is -2.27. The van der Waals surface area contributed by atoms with Crippen molar-refractivity contribution in [3.63, 3.8) is 0 Å². The molecule has 92 valence electrons. The van der Waals surface area contributed by atoms with Crippen molar-refractivity contribution in [3.8, 4) is 0 Å². The molecule has 1 aromatic heterocycles. The molecule has 0 spiro atoms. The predicted molar refractivity (Wildman–Crippen MR) is 70.2 cm³/mol. The summed E-state index contributed by atoms with van der Waals surface area (Å²) in [7, 11) is 0. The lowest BCUT2D eigenvalue weighted by Gasteiger charge is -2.20. The Morgan fingerprint density at radius 2 is 2.18 bits per heavy atom. The van der Waals surface area contributed by atoms with Gasteiger partial charge >= 0.3 is 0 Å². The van der Waals surface area contributed by atoms with Gasteiger partial charge < -0.3 is 15.7 Å². The largest absolute Gasteiger partial charge is 0.391 e. The molecule has 0 amide bonds. The maximum atomic E-state index is 9.56. The molecule has 1 saturated heterocycles. The smallest absolute Gasteiger partial charge is 0.161 e. The van der Waals surface area contributed by atoms with Gasteiger partial charge in [0.25, 0.3) is 0 Å². The first kappa shape index (κ1) is 12.2. The third-order valence-corrected chi connectivity index (χ3v) is 3.35. The number of thiocarbonyl (C=S) groups is 1. The molecule has 1 aliphatic heterocycles. The van der Waals surface area contributed by atoms with E-state index in [0.717, 1.165) is 29.8 Å². The summed E-state index contributed by atoms with van der Waals surface area (Å²) in [6.07, 6.45) is 0.434. The van der Waals surface area contributed by atoms with Crippen LogP contribution in [0.25, 0.3) is 0 Å². The second kappa shape index (κ2) is 4.54. The number of aromatic nitrogens is 2. The molecule has 0 saturated carbocycles. The molecule has 1 fully saturated rings. The van der Waals surface area contributed by atoms with Crippen molar-refractivity contribution in [2.24, 2.45) is 5.73 Å². The number of aliphatic hydroxyl groups is 1. The molecule has 3 N–H and O–H groups in total. The Labute approximate surface area is 106 Å². The molecular formula is C11H16N4OS. The molecular weight excluding hydrogens is 236 g/mol. The number of nitrogens with two attached hydrogens (primary N) is 1. The van der Waals surface area contributed by atoms with E-state index in [-0.39, 0.29) is 6.10 Å². The molecule has 0 aromatic carbocycles. The number of aliphatic hydroxyl groups excluding tert-OH is 1. The molecule has 0 bridgehead atoms. The first-order valence-electron chi connectivity index (χ1n) is 5.57. The van der Waals surface area contributed by atoms with Crippen LogP contribution >= 0.6 is 12.2 Å². The Kier molecular flexibility index (Phi) is 3.26. The topological polar surface area (TPSA) is 75.3 Å². The molecule has 0 radical (unpaired) electrons. The zero-order valence-electron chi connectivity index (χ0n) is 9.97. The van der Waals surface area contributed by atoms with Gasteiger partial charge in [-0.15, -0.1) is 5.10 Å². The molecule has 5 nitrogen and oxygen atoms in total. The zero-order valence-corrected chi connectivity index (χ0v) is 10.8. The van der Waals surface area contributed by atoms with Crippen LogP contribution in [0, 0.1) is 13.8 Å². The Morgan fingerprint density at radius 1 is 1.47 bits per heavy atom. The van der Waals surface area contributed by atoms with Crippen molar-refractivity contribution in [3.05, 3.63) is 16.8 Å². The standard InChI is InChI=1S/C11H16N4OS/c1-6-7(2)13-14-11(9(6)10(12)17)15-4-3-8(16)5-15/h8,16H,3-5H2,1-2H3,(H2,12,17). The lowest BCUT2D eigenvalue weighted by atomic mass is 10.1. The van der Waals surface area contributed by atoms with E-state index in [4.69, 9.17) is 18.0 Å². The number of hydrogen-bond donors (Lipinski definition) is 2. The van der Waals surface area contributed by atoms with E-state index < -0.39 is 0 Å². The summed E-state index contributed by atoms with van der Waals surface area (Å²) in [4.78, 5) is 2.32. The molecule has 1 unspecified atom stereocenters. The van der Waals surface area contributed by atoms with Crippen molar-refractivity contribution in [1.29, 1.82) is 0 Å². The van der Waals surface area contributed by atoms with Crippen molar-refractivity contribution < 1.29 is 5.11 Å². The van der Waals surface area contributed by atoms with Gasteiger partial charge in [-0.05, 0) is 25.8 Å². The van der Waals surface area contributed by atoms with Crippen molar-refractivity contribution in [1.82, 2.24) is 10.2 Å². The number of rotatable bonds is 2. The first-order chi connectivity index (χ1) is 8.00. The second-order valence-corrected chi connectivity index (χ2v) is 4.80. The Hall–Kier alpha value is -1.27. The van der Waals surface area contributed by atoms with Crippen LogP contribution in [0.15, 0.2) is 0 Å². The Morgan fingerprint density at radius 3 is 2.71 bits per heavy atom. The number of hydrogen-bond acceptors (Lipinski definition) is 5. The maximum Gasteiger partial charge on any atom is 0.161 e. The van der Waals surface area contributed by atoms with Gasteiger partial charge in [-0.1, -0.05) is 12.2 Å². The monoisotopic (exact) mass is 252 g/mol. The fraction of sp³-hybridized carbons (Fsp3) is 0.545. The van der Waals surface area contributed by atoms with Crippen molar-refractivity contribution in [2.75, 3.05) is 18.0 Å². The molecule has 6 heteroatoms. The van der Waals surface area contributed by atoms with Crippen LogP contribution in [0.5, 0.6) is 0 Å². The van der Waals surface area contributed by atoms with Crippen LogP contribution in [0.3, 0.4) is 0 Å². The van der Waals surface area contributed by atoms with Crippen molar-refractivity contribution >= 4 is 23.0 Å². The summed E-state index contributed by atoms with van der Waals surface area (Å²) in [6, 6.07) is 0. The predicted octanol–water partition coefficient (Wildman–Crippen LogP) is 0.299. The van der Waals surface area contributed by atoms with E-state index in [1.165, 1.54) is 0 Å². The molecule has 17 heavy (non-hydrogen) atoms. The minimum atomic E-state index is -0.308. The third-order valence-electron chi connectivity index (χ3n) is 3.15. The van der Waals surface area contributed by atoms with Gasteiger partial charge in [-0.2, -0.15) is 5.10 Å². The van der Waals surface area contributed by atoms with Crippen LogP contribution in [0.4, 0.5) is 5.82 Å². The fourth-order valence-corrected chi connectivity index (χ4v) is 2.29. The number of anilines is 1. The van der Waals surface area contributed by atoms with Crippen LogP contribution in [0.2, 0.25) is 0 Å². The van der Waals surface area contributed by atoms with E-state index in [2.05, 4.69) is 10.2 Å². The molecule has 1 atom stereocenters. The van der Waals surface area contributed by atoms with Gasteiger partial charge in [-0.25, -0.2) is 0 Å². The molecule has 0 aliphatic carbocycles. The van der Waals surface area contributed by atoms with Gasteiger partial charge in [0.2, 0.25) is 0 Å². The molecule has 2 heterocycles. The highest BCUT2D eigenvalue weighted by Crippen LogP contribution is 2.25. The van der Waals surface area contributed by atoms with E-state index in [9.17, 15) is 5.11 Å². The van der Waals surface area contributed by atoms with Gasteiger partial charge in [0.05, 0.1) is 17.4 Å². The number of nitrogens with zero attached hydrogens (tertiary/aromatic N) is 3. The fourth-order valence-electron chi connectivity index (χ4n) is 2.05. The van der Waals surface area contributed by atoms with E-state index in [1.807, 2.05) is 18.7 Å². The van der Waals surface area contributed by atoms with Crippen LogP contribution in [-0.4, -0.2) is 39.5 Å². The Bertz CT molecular complexity index is 463. The van der Waals surface area contributed by atoms with Crippen LogP contribution in [-0.2, 0) is 0 Å². The van der Waals surface area contributed by atoms with Crippen LogP contribution < -0.4 is 10.6 Å². The van der Waals surface area contributed by atoms with Crippen LogP contribution in [0.1, 0.15) is 23.2 Å². The highest BCUT2D eigenvalue weighted by Gasteiger charge is 2.25. The van der Waals surface area contributed by atoms with E-state index >= 15 is 0 Å². The zero-order chi connectivity index (χ0) is 12.6. The normalized spacial score (nSPS) is 19.7. The van der Waals surface area contributed by atoms with Gasteiger partial charge in [0.15, 0.2) is 5.82 Å². The number of β-amino-alcohol motifs (C(OH)–C–C–N with tert-alkyl or cyclic N) is 1. The second-order valence-electron chi connectivity index (χ2n) is 4.36. The summed E-state index contributed by atoms with van der Waals surface area (Å²) >= 11 is 5.08. The summed E-state index contributed by atoms with van der Waals surface area (Å²) in [6.45, 7) is 5.14. The Balaban J connectivity index is 2.47. The quantitative estimate of drug-likeness (QED) is 0.737. The summed E-state index contributed by atoms with van der Waals surface area (Å²) < 4.78 is 0. The molecule has 2 rings (SSSR count). The number of aryl methyl sites for hydroxylation is 1. The minimum absolute atomic E-state index is 0.308. The van der Waals surface area contributed by atoms with Gasteiger partial charge in [0, 0.05) is 13.1 Å². The molecule has 1 aliphatic rings. The van der Waals surface area contributed by atoms with E-state index in [0.29, 0.717) is 17.4 Å².